The average Bonchev–Trinajstić information content (AvgIpc) is 3.39. The summed E-state index contributed by atoms with van der Waals surface area (Å²) in [5.74, 6) is -1.84. The lowest BCUT2D eigenvalue weighted by molar-refractivity contribution is -0.127. The maximum absolute atomic E-state index is 12.8. The van der Waals surface area contributed by atoms with Crippen molar-refractivity contribution in [2.75, 3.05) is 19.0 Å². The van der Waals surface area contributed by atoms with Crippen LogP contribution in [0.2, 0.25) is 0 Å². The van der Waals surface area contributed by atoms with E-state index >= 15 is 0 Å². The SMILES string of the molecule is COc1ccccc1NC(=O)CN1C(=O)N/C(=C/c2cccn2-c2cccc(C(=O)O)c2)C1=O. The summed E-state index contributed by atoms with van der Waals surface area (Å²) in [5.41, 5.74) is 1.62. The van der Waals surface area contributed by atoms with Crippen molar-refractivity contribution in [2.24, 2.45) is 0 Å². The van der Waals surface area contributed by atoms with Gasteiger partial charge in [-0.15, -0.1) is 0 Å². The van der Waals surface area contributed by atoms with Crippen LogP contribution in [0.25, 0.3) is 11.8 Å². The van der Waals surface area contributed by atoms with Gasteiger partial charge in [0.25, 0.3) is 5.91 Å². The Hall–Kier alpha value is -4.86. The standard InChI is InChI=1S/C24H20N4O6/c1-34-20-10-3-2-9-18(20)25-21(29)14-28-22(30)19(26-24(28)33)13-17-8-5-11-27(17)16-7-4-6-15(12-16)23(31)32/h2-13H,14H2,1H3,(H,25,29)(H,26,33)(H,31,32)/b19-13+. The molecule has 10 nitrogen and oxygen atoms in total. The van der Waals surface area contributed by atoms with Crippen LogP contribution < -0.4 is 15.4 Å². The normalized spacial score (nSPS) is 14.3. The molecule has 0 aliphatic carbocycles. The molecule has 34 heavy (non-hydrogen) atoms. The number of hydrogen-bond donors (Lipinski definition) is 3. The summed E-state index contributed by atoms with van der Waals surface area (Å²) in [6.07, 6.45) is 3.17. The van der Waals surface area contributed by atoms with Gasteiger partial charge in [0.05, 0.1) is 18.4 Å². The van der Waals surface area contributed by atoms with E-state index in [0.29, 0.717) is 22.8 Å². The quantitative estimate of drug-likeness (QED) is 0.367. The number of amides is 4. The number of aromatic carboxylic acids is 1. The van der Waals surface area contributed by atoms with Gasteiger partial charge in [-0.1, -0.05) is 18.2 Å². The predicted octanol–water partition coefficient (Wildman–Crippen LogP) is 2.72. The Kier molecular flexibility index (Phi) is 6.13. The van der Waals surface area contributed by atoms with E-state index in [2.05, 4.69) is 10.6 Å². The predicted molar refractivity (Wildman–Crippen MR) is 123 cm³/mol. The number of benzene rings is 2. The molecule has 0 unspecified atom stereocenters. The Labute approximate surface area is 194 Å². The van der Waals surface area contributed by atoms with Gasteiger partial charge in [-0.25, -0.2) is 14.5 Å². The third kappa shape index (κ3) is 4.51. The minimum Gasteiger partial charge on any atom is -0.495 e. The van der Waals surface area contributed by atoms with Crippen LogP contribution in [0.1, 0.15) is 16.1 Å². The van der Waals surface area contributed by atoms with Crippen molar-refractivity contribution in [2.45, 2.75) is 0 Å². The second-order valence-corrected chi connectivity index (χ2v) is 7.29. The summed E-state index contributed by atoms with van der Waals surface area (Å²) in [6.45, 7) is -0.484. The number of carboxylic acids is 1. The summed E-state index contributed by atoms with van der Waals surface area (Å²) in [5, 5.41) is 14.3. The Morgan fingerprint density at radius 2 is 1.88 bits per heavy atom. The Morgan fingerprint density at radius 3 is 2.65 bits per heavy atom. The lowest BCUT2D eigenvalue weighted by Gasteiger charge is -2.13. The van der Waals surface area contributed by atoms with E-state index in [-0.39, 0.29) is 11.3 Å². The molecule has 1 saturated heterocycles. The smallest absolute Gasteiger partial charge is 0.335 e. The Morgan fingerprint density at radius 1 is 1.09 bits per heavy atom. The molecule has 0 saturated carbocycles. The van der Waals surface area contributed by atoms with Crippen molar-refractivity contribution in [1.29, 1.82) is 0 Å². The highest BCUT2D eigenvalue weighted by molar-refractivity contribution is 6.16. The molecule has 0 spiro atoms. The van der Waals surface area contributed by atoms with Gasteiger partial charge in [-0.3, -0.25) is 9.59 Å². The van der Waals surface area contributed by atoms with E-state index in [1.54, 1.807) is 59.3 Å². The second kappa shape index (κ2) is 9.33. The number of para-hydroxylation sites is 2. The van der Waals surface area contributed by atoms with Crippen LogP contribution >= 0.6 is 0 Å². The van der Waals surface area contributed by atoms with Gasteiger partial charge in [0.1, 0.15) is 18.0 Å². The fraction of sp³-hybridized carbons (Fsp3) is 0.0833. The minimum atomic E-state index is -1.06. The summed E-state index contributed by atoms with van der Waals surface area (Å²) in [6, 6.07) is 15.8. The third-order valence-corrected chi connectivity index (χ3v) is 5.09. The topological polar surface area (TPSA) is 130 Å². The molecule has 0 bridgehead atoms. The van der Waals surface area contributed by atoms with Crippen molar-refractivity contribution < 1.29 is 29.0 Å². The summed E-state index contributed by atoms with van der Waals surface area (Å²) in [4.78, 5) is 49.8. The summed E-state index contributed by atoms with van der Waals surface area (Å²) < 4.78 is 6.86. The van der Waals surface area contributed by atoms with Crippen LogP contribution in [-0.4, -0.2) is 52.0 Å². The van der Waals surface area contributed by atoms with Crippen molar-refractivity contribution in [3.8, 4) is 11.4 Å². The molecule has 2 heterocycles. The number of ether oxygens (including phenoxy) is 1. The first-order valence-electron chi connectivity index (χ1n) is 10.2. The number of anilines is 1. The fourth-order valence-electron chi connectivity index (χ4n) is 3.48. The summed E-state index contributed by atoms with van der Waals surface area (Å²) >= 11 is 0. The Bertz CT molecular complexity index is 1330. The fourth-order valence-corrected chi connectivity index (χ4v) is 3.48. The zero-order chi connectivity index (χ0) is 24.2. The molecule has 172 valence electrons. The number of rotatable bonds is 7. The van der Waals surface area contributed by atoms with Gasteiger partial charge >= 0.3 is 12.0 Å². The number of hydrogen-bond acceptors (Lipinski definition) is 5. The lowest BCUT2D eigenvalue weighted by Crippen LogP contribution is -2.38. The zero-order valence-electron chi connectivity index (χ0n) is 18.0. The largest absolute Gasteiger partial charge is 0.495 e. The molecule has 3 aromatic rings. The van der Waals surface area contributed by atoms with Crippen LogP contribution in [0, 0.1) is 0 Å². The van der Waals surface area contributed by atoms with Crippen LogP contribution in [0.5, 0.6) is 5.75 Å². The maximum atomic E-state index is 12.8. The maximum Gasteiger partial charge on any atom is 0.335 e. The van der Waals surface area contributed by atoms with Crippen molar-refractivity contribution in [3.63, 3.8) is 0 Å². The second-order valence-electron chi connectivity index (χ2n) is 7.29. The highest BCUT2D eigenvalue weighted by atomic mass is 16.5. The van der Waals surface area contributed by atoms with Crippen molar-refractivity contribution in [3.05, 3.63) is 83.8 Å². The number of methoxy groups -OCH3 is 1. The molecule has 10 heteroatoms. The minimum absolute atomic E-state index is 0.00979. The van der Waals surface area contributed by atoms with Crippen LogP contribution in [0.3, 0.4) is 0 Å². The number of imide groups is 1. The molecule has 1 fully saturated rings. The van der Waals surface area contributed by atoms with E-state index in [1.807, 2.05) is 0 Å². The van der Waals surface area contributed by atoms with Gasteiger partial charge in [0, 0.05) is 17.6 Å². The molecule has 1 aliphatic heterocycles. The number of nitrogens with zero attached hydrogens (tertiary/aromatic N) is 2. The first-order chi connectivity index (χ1) is 16.4. The van der Waals surface area contributed by atoms with Crippen LogP contribution in [-0.2, 0) is 9.59 Å². The van der Waals surface area contributed by atoms with E-state index in [0.717, 1.165) is 4.90 Å². The van der Waals surface area contributed by atoms with E-state index < -0.39 is 30.4 Å². The molecule has 0 radical (unpaired) electrons. The van der Waals surface area contributed by atoms with Gasteiger partial charge in [0.15, 0.2) is 0 Å². The first kappa shape index (κ1) is 22.3. The van der Waals surface area contributed by atoms with Crippen molar-refractivity contribution in [1.82, 2.24) is 14.8 Å². The monoisotopic (exact) mass is 460 g/mol. The van der Waals surface area contributed by atoms with E-state index in [4.69, 9.17) is 4.74 Å². The molecular formula is C24H20N4O6. The lowest BCUT2D eigenvalue weighted by atomic mass is 10.2. The Balaban J connectivity index is 1.52. The van der Waals surface area contributed by atoms with Gasteiger partial charge in [-0.05, 0) is 48.5 Å². The van der Waals surface area contributed by atoms with Crippen LogP contribution in [0.4, 0.5) is 10.5 Å². The van der Waals surface area contributed by atoms with Gasteiger partial charge in [0.2, 0.25) is 5.91 Å². The molecule has 1 aliphatic rings. The highest BCUT2D eigenvalue weighted by Gasteiger charge is 2.35. The van der Waals surface area contributed by atoms with Crippen LogP contribution in [0.15, 0.2) is 72.6 Å². The summed E-state index contributed by atoms with van der Waals surface area (Å²) in [7, 11) is 1.47. The highest BCUT2D eigenvalue weighted by Crippen LogP contribution is 2.23. The molecule has 4 rings (SSSR count). The van der Waals surface area contributed by atoms with Gasteiger partial charge in [-0.2, -0.15) is 0 Å². The van der Waals surface area contributed by atoms with E-state index in [9.17, 15) is 24.3 Å². The number of carboxylic acid groups (broad SMARTS) is 1. The molecular weight excluding hydrogens is 440 g/mol. The zero-order valence-corrected chi connectivity index (χ0v) is 18.0. The molecule has 3 N–H and O–H groups in total. The van der Waals surface area contributed by atoms with Crippen molar-refractivity contribution >= 4 is 35.6 Å². The third-order valence-electron chi connectivity index (χ3n) is 5.09. The molecule has 0 atom stereocenters. The number of urea groups is 1. The molecule has 2 aromatic carbocycles. The molecule has 4 amide bonds. The molecule has 1 aromatic heterocycles. The average molecular weight is 460 g/mol. The van der Waals surface area contributed by atoms with Gasteiger partial charge < -0.3 is 25.0 Å². The number of carbonyl (C=O) groups is 4. The number of nitrogens with one attached hydrogen (secondary N) is 2. The number of carbonyl (C=O) groups excluding carboxylic acids is 3. The number of aromatic nitrogens is 1. The first-order valence-corrected chi connectivity index (χ1v) is 10.2. The van der Waals surface area contributed by atoms with E-state index in [1.165, 1.54) is 25.3 Å².